The summed E-state index contributed by atoms with van der Waals surface area (Å²) in [6, 6.07) is 5.73. The predicted octanol–water partition coefficient (Wildman–Crippen LogP) is 3.77. The Morgan fingerprint density at radius 2 is 2.04 bits per heavy atom. The lowest BCUT2D eigenvalue weighted by molar-refractivity contribution is 0.0945. The molecule has 0 bridgehead atoms. The number of amides is 1. The van der Waals surface area contributed by atoms with Crippen LogP contribution >= 0.6 is 22.9 Å². The Morgan fingerprint density at radius 3 is 2.62 bits per heavy atom. The second kappa shape index (κ2) is 6.00. The summed E-state index contributed by atoms with van der Waals surface area (Å²) in [6.45, 7) is 6.41. The quantitative estimate of drug-likeness (QED) is 0.855. The van der Waals surface area contributed by atoms with Crippen molar-refractivity contribution in [2.45, 2.75) is 38.6 Å². The SMILES string of the molecule is CC(C)(C)c1ccc2c(Cl)c(C(=O)N[C@@H]3CCS(=O)(=O)C3)sc2c1. The van der Waals surface area contributed by atoms with Crippen molar-refractivity contribution >= 4 is 48.8 Å². The Kier molecular flexibility index (Phi) is 4.43. The Balaban J connectivity index is 1.89. The predicted molar refractivity (Wildman–Crippen MR) is 100 cm³/mol. The first-order valence-corrected chi connectivity index (χ1v) is 10.8. The van der Waals surface area contributed by atoms with Crippen LogP contribution in [0.4, 0.5) is 0 Å². The molecule has 0 unspecified atom stereocenters. The summed E-state index contributed by atoms with van der Waals surface area (Å²) in [7, 11) is -3.02. The van der Waals surface area contributed by atoms with E-state index in [0.717, 1.165) is 10.1 Å². The molecule has 0 radical (unpaired) electrons. The van der Waals surface area contributed by atoms with Crippen LogP contribution in [0.5, 0.6) is 0 Å². The number of benzene rings is 1. The summed E-state index contributed by atoms with van der Waals surface area (Å²) in [5, 5.41) is 4.10. The van der Waals surface area contributed by atoms with Gasteiger partial charge in [0.1, 0.15) is 4.88 Å². The molecule has 1 aromatic heterocycles. The van der Waals surface area contributed by atoms with Gasteiger partial charge in [0, 0.05) is 16.1 Å². The lowest BCUT2D eigenvalue weighted by Gasteiger charge is -2.18. The van der Waals surface area contributed by atoms with E-state index < -0.39 is 9.84 Å². The van der Waals surface area contributed by atoms with Gasteiger partial charge in [-0.1, -0.05) is 44.5 Å². The highest BCUT2D eigenvalue weighted by Gasteiger charge is 2.30. The van der Waals surface area contributed by atoms with Gasteiger partial charge in [-0.3, -0.25) is 4.79 Å². The molecule has 4 nitrogen and oxygen atoms in total. The van der Waals surface area contributed by atoms with E-state index in [1.54, 1.807) is 0 Å². The maximum Gasteiger partial charge on any atom is 0.263 e. The van der Waals surface area contributed by atoms with Gasteiger partial charge < -0.3 is 5.32 Å². The van der Waals surface area contributed by atoms with Crippen LogP contribution in [-0.2, 0) is 15.3 Å². The van der Waals surface area contributed by atoms with Crippen LogP contribution in [0.3, 0.4) is 0 Å². The highest BCUT2D eigenvalue weighted by atomic mass is 35.5. The average Bonchev–Trinajstić information content (AvgIpc) is 2.98. The molecule has 7 heteroatoms. The smallest absolute Gasteiger partial charge is 0.263 e. The number of carbonyl (C=O) groups excluding carboxylic acids is 1. The molecule has 2 aromatic rings. The molecule has 1 saturated heterocycles. The van der Waals surface area contributed by atoms with E-state index in [-0.39, 0.29) is 28.9 Å². The number of thiophene rings is 1. The van der Waals surface area contributed by atoms with E-state index in [1.807, 2.05) is 12.1 Å². The zero-order valence-corrected chi connectivity index (χ0v) is 16.2. The van der Waals surface area contributed by atoms with Gasteiger partial charge in [0.05, 0.1) is 16.5 Å². The van der Waals surface area contributed by atoms with Crippen molar-refractivity contribution in [3.63, 3.8) is 0 Å². The van der Waals surface area contributed by atoms with E-state index in [2.05, 4.69) is 32.2 Å². The van der Waals surface area contributed by atoms with E-state index >= 15 is 0 Å². The Hall–Kier alpha value is -1.11. The molecule has 2 heterocycles. The van der Waals surface area contributed by atoms with Crippen molar-refractivity contribution < 1.29 is 13.2 Å². The summed E-state index contributed by atoms with van der Waals surface area (Å²) in [6.07, 6.45) is 0.463. The van der Waals surface area contributed by atoms with Crippen LogP contribution in [-0.4, -0.2) is 31.9 Å². The number of fused-ring (bicyclic) bond motifs is 1. The number of hydrogen-bond acceptors (Lipinski definition) is 4. The summed E-state index contributed by atoms with van der Waals surface area (Å²) in [5.41, 5.74) is 1.20. The van der Waals surface area contributed by atoms with Crippen LogP contribution in [0, 0.1) is 0 Å². The molecule has 1 atom stereocenters. The molecule has 3 rings (SSSR count). The molecule has 1 aliphatic rings. The zero-order valence-electron chi connectivity index (χ0n) is 13.8. The van der Waals surface area contributed by atoms with Gasteiger partial charge in [-0.2, -0.15) is 0 Å². The van der Waals surface area contributed by atoms with Gasteiger partial charge in [0.25, 0.3) is 5.91 Å². The molecule has 0 saturated carbocycles. The van der Waals surface area contributed by atoms with Crippen molar-refractivity contribution in [3.8, 4) is 0 Å². The highest BCUT2D eigenvalue weighted by molar-refractivity contribution is 7.91. The second-order valence-corrected chi connectivity index (χ2v) is 10.9. The van der Waals surface area contributed by atoms with Gasteiger partial charge >= 0.3 is 0 Å². The van der Waals surface area contributed by atoms with Crippen LogP contribution in [0.1, 0.15) is 42.4 Å². The summed E-state index contributed by atoms with van der Waals surface area (Å²) in [4.78, 5) is 13.0. The molecule has 1 aromatic carbocycles. The standard InChI is InChI=1S/C17H20ClNO3S2/c1-17(2,3)10-4-5-12-13(8-10)23-15(14(12)18)16(20)19-11-6-7-24(21,22)9-11/h4-5,8,11H,6-7,9H2,1-3H3,(H,19,20)/t11-/m1/s1. The van der Waals surface area contributed by atoms with Gasteiger partial charge in [-0.15, -0.1) is 11.3 Å². The Morgan fingerprint density at radius 1 is 1.33 bits per heavy atom. The first-order valence-electron chi connectivity index (χ1n) is 7.81. The number of nitrogens with one attached hydrogen (secondary N) is 1. The molecule has 24 heavy (non-hydrogen) atoms. The highest BCUT2D eigenvalue weighted by Crippen LogP contribution is 2.37. The first kappa shape index (κ1) is 17.7. The Labute approximate surface area is 151 Å². The van der Waals surface area contributed by atoms with Crippen molar-refractivity contribution in [2.75, 3.05) is 11.5 Å². The topological polar surface area (TPSA) is 63.2 Å². The average molecular weight is 386 g/mol. The minimum Gasteiger partial charge on any atom is -0.348 e. The van der Waals surface area contributed by atoms with Crippen molar-refractivity contribution in [1.29, 1.82) is 0 Å². The van der Waals surface area contributed by atoms with Crippen molar-refractivity contribution in [1.82, 2.24) is 5.32 Å². The fraction of sp³-hybridized carbons (Fsp3) is 0.471. The molecular formula is C17H20ClNO3S2. The van der Waals surface area contributed by atoms with Crippen LogP contribution in [0.15, 0.2) is 18.2 Å². The second-order valence-electron chi connectivity index (χ2n) is 7.28. The number of sulfone groups is 1. The number of hydrogen-bond donors (Lipinski definition) is 1. The summed E-state index contributed by atoms with van der Waals surface area (Å²) >= 11 is 7.74. The molecule has 1 amide bonds. The van der Waals surface area contributed by atoms with E-state index in [1.165, 1.54) is 16.9 Å². The third kappa shape index (κ3) is 3.46. The lowest BCUT2D eigenvalue weighted by Crippen LogP contribution is -2.35. The van der Waals surface area contributed by atoms with Gasteiger partial charge in [-0.25, -0.2) is 8.42 Å². The molecule has 130 valence electrons. The Bertz CT molecular complexity index is 910. The lowest BCUT2D eigenvalue weighted by atomic mass is 9.87. The van der Waals surface area contributed by atoms with Crippen LogP contribution in [0.25, 0.3) is 10.1 Å². The molecular weight excluding hydrogens is 366 g/mol. The first-order chi connectivity index (χ1) is 11.1. The van der Waals surface area contributed by atoms with Gasteiger partial charge in [0.15, 0.2) is 9.84 Å². The monoisotopic (exact) mass is 385 g/mol. The maximum absolute atomic E-state index is 12.5. The van der Waals surface area contributed by atoms with Crippen LogP contribution in [0.2, 0.25) is 5.02 Å². The molecule has 0 aliphatic carbocycles. The molecule has 1 aliphatic heterocycles. The van der Waals surface area contributed by atoms with E-state index in [0.29, 0.717) is 16.3 Å². The largest absolute Gasteiger partial charge is 0.348 e. The minimum absolute atomic E-state index is 0.00935. The van der Waals surface area contributed by atoms with Gasteiger partial charge in [0.2, 0.25) is 0 Å². The zero-order chi connectivity index (χ0) is 17.7. The molecule has 1 N–H and O–H groups in total. The van der Waals surface area contributed by atoms with E-state index in [4.69, 9.17) is 11.6 Å². The molecule has 0 spiro atoms. The van der Waals surface area contributed by atoms with Gasteiger partial charge in [-0.05, 0) is 23.5 Å². The fourth-order valence-corrected chi connectivity index (χ4v) is 5.97. The van der Waals surface area contributed by atoms with Crippen molar-refractivity contribution in [2.24, 2.45) is 0 Å². The maximum atomic E-state index is 12.5. The normalized spacial score (nSPS) is 20.4. The van der Waals surface area contributed by atoms with Crippen LogP contribution < -0.4 is 5.32 Å². The van der Waals surface area contributed by atoms with Crippen molar-refractivity contribution in [3.05, 3.63) is 33.7 Å². The fourth-order valence-electron chi connectivity index (χ4n) is 2.84. The minimum atomic E-state index is -3.02. The number of halogens is 1. The molecule has 1 fully saturated rings. The third-order valence-electron chi connectivity index (χ3n) is 4.27. The number of rotatable bonds is 2. The summed E-state index contributed by atoms with van der Waals surface area (Å²) in [5.74, 6) is -0.150. The number of carbonyl (C=O) groups is 1. The summed E-state index contributed by atoms with van der Waals surface area (Å²) < 4.78 is 24.0. The third-order valence-corrected chi connectivity index (χ3v) is 7.69. The van der Waals surface area contributed by atoms with E-state index in [9.17, 15) is 13.2 Å².